The van der Waals surface area contributed by atoms with Crippen LogP contribution in [-0.4, -0.2) is 11.2 Å². The Labute approximate surface area is 98.4 Å². The quantitative estimate of drug-likeness (QED) is 0.849. The molecule has 0 aliphatic carbocycles. The lowest BCUT2D eigenvalue weighted by atomic mass is 9.93. The van der Waals surface area contributed by atoms with E-state index in [1.807, 2.05) is 18.2 Å². The molecule has 1 N–H and O–H groups in total. The van der Waals surface area contributed by atoms with Gasteiger partial charge in [-0.3, -0.25) is 0 Å². The second kappa shape index (κ2) is 4.14. The zero-order valence-electron chi connectivity index (χ0n) is 8.90. The predicted molar refractivity (Wildman–Crippen MR) is 63.0 cm³/mol. The van der Waals surface area contributed by atoms with Crippen LogP contribution in [0.4, 0.5) is 0 Å². The van der Waals surface area contributed by atoms with E-state index in [-0.39, 0.29) is 6.10 Å². The smallest absolute Gasteiger partial charge is 0.125 e. The van der Waals surface area contributed by atoms with E-state index in [2.05, 4.69) is 29.8 Å². The fourth-order valence-corrected chi connectivity index (χ4v) is 2.23. The number of aliphatic hydroxyl groups excluding tert-OH is 1. The summed E-state index contributed by atoms with van der Waals surface area (Å²) in [5, 5.41) is 10.0. The highest BCUT2D eigenvalue weighted by molar-refractivity contribution is 9.10. The van der Waals surface area contributed by atoms with Gasteiger partial charge < -0.3 is 9.84 Å². The molecule has 1 aliphatic heterocycles. The number of hydrogen-bond acceptors (Lipinski definition) is 2. The second-order valence-electron chi connectivity index (χ2n) is 4.33. The summed E-state index contributed by atoms with van der Waals surface area (Å²) < 4.78 is 6.82. The Morgan fingerprint density at radius 2 is 2.20 bits per heavy atom. The molecule has 2 nitrogen and oxygen atoms in total. The summed E-state index contributed by atoms with van der Waals surface area (Å²) >= 11 is 3.40. The maximum Gasteiger partial charge on any atom is 0.125 e. The maximum atomic E-state index is 10.0. The Morgan fingerprint density at radius 1 is 1.47 bits per heavy atom. The standard InChI is InChI=1S/C12H15BrO2/c1-7(2)12-6-10(14)9-5-8(13)3-4-11(9)15-12/h3-5,7,10,12,14H,6H2,1-2H3/t10-,12+/m1/s1. The van der Waals surface area contributed by atoms with Crippen LogP contribution < -0.4 is 4.74 Å². The van der Waals surface area contributed by atoms with Crippen molar-refractivity contribution in [3.05, 3.63) is 28.2 Å². The molecule has 0 radical (unpaired) electrons. The molecule has 0 spiro atoms. The van der Waals surface area contributed by atoms with Crippen LogP contribution in [0, 0.1) is 5.92 Å². The van der Waals surface area contributed by atoms with Crippen molar-refractivity contribution in [3.63, 3.8) is 0 Å². The molecule has 15 heavy (non-hydrogen) atoms. The van der Waals surface area contributed by atoms with Gasteiger partial charge in [-0.15, -0.1) is 0 Å². The van der Waals surface area contributed by atoms with Gasteiger partial charge in [0, 0.05) is 16.5 Å². The van der Waals surface area contributed by atoms with Crippen LogP contribution in [0.2, 0.25) is 0 Å². The molecule has 0 amide bonds. The summed E-state index contributed by atoms with van der Waals surface area (Å²) in [6.45, 7) is 4.22. The van der Waals surface area contributed by atoms with E-state index in [1.165, 1.54) is 0 Å². The van der Waals surface area contributed by atoms with Crippen molar-refractivity contribution >= 4 is 15.9 Å². The highest BCUT2D eigenvalue weighted by atomic mass is 79.9. The fourth-order valence-electron chi connectivity index (χ4n) is 1.85. The minimum atomic E-state index is -0.404. The Bertz CT molecular complexity index is 363. The third-order valence-corrected chi connectivity index (χ3v) is 3.30. The Morgan fingerprint density at radius 3 is 2.87 bits per heavy atom. The Hall–Kier alpha value is -0.540. The van der Waals surface area contributed by atoms with Crippen LogP contribution in [-0.2, 0) is 0 Å². The van der Waals surface area contributed by atoms with Crippen LogP contribution >= 0.6 is 15.9 Å². The zero-order valence-corrected chi connectivity index (χ0v) is 10.5. The van der Waals surface area contributed by atoms with E-state index in [0.29, 0.717) is 12.3 Å². The first-order valence-electron chi connectivity index (χ1n) is 5.22. The third-order valence-electron chi connectivity index (χ3n) is 2.81. The van der Waals surface area contributed by atoms with Crippen LogP contribution in [0.15, 0.2) is 22.7 Å². The summed E-state index contributed by atoms with van der Waals surface area (Å²) in [5.74, 6) is 1.24. The SMILES string of the molecule is CC(C)[C@@H]1C[C@@H](O)c2cc(Br)ccc2O1. The largest absolute Gasteiger partial charge is 0.490 e. The summed E-state index contributed by atoms with van der Waals surface area (Å²) in [6.07, 6.45) is 0.397. The van der Waals surface area contributed by atoms with Crippen LogP contribution in [0.5, 0.6) is 5.75 Å². The van der Waals surface area contributed by atoms with E-state index < -0.39 is 6.10 Å². The molecule has 0 bridgehead atoms. The number of ether oxygens (including phenoxy) is 1. The monoisotopic (exact) mass is 270 g/mol. The molecule has 0 fully saturated rings. The minimum Gasteiger partial charge on any atom is -0.490 e. The molecular formula is C12H15BrO2. The molecule has 3 heteroatoms. The Kier molecular flexibility index (Phi) is 3.03. The van der Waals surface area contributed by atoms with Gasteiger partial charge in [0.25, 0.3) is 0 Å². The van der Waals surface area contributed by atoms with Gasteiger partial charge in [-0.1, -0.05) is 29.8 Å². The minimum absolute atomic E-state index is 0.119. The second-order valence-corrected chi connectivity index (χ2v) is 5.25. The lowest BCUT2D eigenvalue weighted by Gasteiger charge is -2.32. The number of hydrogen-bond donors (Lipinski definition) is 1. The molecule has 1 aromatic carbocycles. The number of fused-ring (bicyclic) bond motifs is 1. The van der Waals surface area contributed by atoms with Gasteiger partial charge in [-0.05, 0) is 24.1 Å². The first-order chi connectivity index (χ1) is 7.08. The summed E-state index contributed by atoms with van der Waals surface area (Å²) in [4.78, 5) is 0. The van der Waals surface area contributed by atoms with E-state index >= 15 is 0 Å². The number of benzene rings is 1. The van der Waals surface area contributed by atoms with Gasteiger partial charge in [0.05, 0.1) is 6.10 Å². The number of halogens is 1. The normalized spacial score (nSPS) is 24.9. The van der Waals surface area contributed by atoms with Crippen molar-refractivity contribution in [1.82, 2.24) is 0 Å². The first kappa shape index (κ1) is 11.0. The summed E-state index contributed by atoms with van der Waals surface area (Å²) in [5.41, 5.74) is 0.890. The third kappa shape index (κ3) is 2.18. The lowest BCUT2D eigenvalue weighted by molar-refractivity contribution is 0.0426. The lowest BCUT2D eigenvalue weighted by Crippen LogP contribution is -2.30. The first-order valence-corrected chi connectivity index (χ1v) is 6.01. The molecule has 2 rings (SSSR count). The molecule has 0 unspecified atom stereocenters. The van der Waals surface area contributed by atoms with Gasteiger partial charge in [0.15, 0.2) is 0 Å². The topological polar surface area (TPSA) is 29.5 Å². The average Bonchev–Trinajstić information content (AvgIpc) is 2.18. The molecular weight excluding hydrogens is 256 g/mol. The van der Waals surface area contributed by atoms with Gasteiger partial charge in [0.2, 0.25) is 0 Å². The molecule has 2 atom stereocenters. The van der Waals surface area contributed by atoms with Crippen LogP contribution in [0.3, 0.4) is 0 Å². The van der Waals surface area contributed by atoms with Crippen molar-refractivity contribution in [1.29, 1.82) is 0 Å². The molecule has 1 aliphatic rings. The highest BCUT2D eigenvalue weighted by Crippen LogP contribution is 2.38. The fraction of sp³-hybridized carbons (Fsp3) is 0.500. The summed E-state index contributed by atoms with van der Waals surface area (Å²) in [6, 6.07) is 5.78. The molecule has 0 saturated carbocycles. The maximum absolute atomic E-state index is 10.0. The zero-order chi connectivity index (χ0) is 11.0. The average molecular weight is 271 g/mol. The predicted octanol–water partition coefficient (Wildman–Crippen LogP) is 3.29. The summed E-state index contributed by atoms with van der Waals surface area (Å²) in [7, 11) is 0. The molecule has 0 aromatic heterocycles. The van der Waals surface area contributed by atoms with E-state index in [9.17, 15) is 5.11 Å². The van der Waals surface area contributed by atoms with Crippen molar-refractivity contribution < 1.29 is 9.84 Å². The van der Waals surface area contributed by atoms with Gasteiger partial charge in [-0.25, -0.2) is 0 Å². The van der Waals surface area contributed by atoms with Crippen LogP contribution in [0.1, 0.15) is 31.9 Å². The van der Waals surface area contributed by atoms with E-state index in [4.69, 9.17) is 4.74 Å². The van der Waals surface area contributed by atoms with Crippen LogP contribution in [0.25, 0.3) is 0 Å². The van der Waals surface area contributed by atoms with Gasteiger partial charge >= 0.3 is 0 Å². The van der Waals surface area contributed by atoms with E-state index in [1.54, 1.807) is 0 Å². The molecule has 0 saturated heterocycles. The van der Waals surface area contributed by atoms with E-state index in [0.717, 1.165) is 15.8 Å². The van der Waals surface area contributed by atoms with Crippen molar-refractivity contribution in [2.24, 2.45) is 5.92 Å². The molecule has 1 heterocycles. The number of aliphatic hydroxyl groups is 1. The molecule has 82 valence electrons. The van der Waals surface area contributed by atoms with Crippen molar-refractivity contribution in [3.8, 4) is 5.75 Å². The number of rotatable bonds is 1. The van der Waals surface area contributed by atoms with Crippen molar-refractivity contribution in [2.45, 2.75) is 32.5 Å². The Balaban J connectivity index is 2.32. The van der Waals surface area contributed by atoms with Crippen molar-refractivity contribution in [2.75, 3.05) is 0 Å². The molecule has 1 aromatic rings. The van der Waals surface area contributed by atoms with Gasteiger partial charge in [-0.2, -0.15) is 0 Å². The van der Waals surface area contributed by atoms with Gasteiger partial charge in [0.1, 0.15) is 11.9 Å². The highest BCUT2D eigenvalue weighted by Gasteiger charge is 2.28.